The number of aliphatic hydroxyl groups excluding tert-OH is 1. The molecular weight excluding hydrogens is 448 g/mol. The summed E-state index contributed by atoms with van der Waals surface area (Å²) in [5.41, 5.74) is 1.85. The van der Waals surface area contributed by atoms with E-state index in [0.717, 1.165) is 0 Å². The molecule has 1 heterocycles. The van der Waals surface area contributed by atoms with Crippen LogP contribution < -0.4 is 20.1 Å². The van der Waals surface area contributed by atoms with E-state index in [2.05, 4.69) is 22.5 Å². The van der Waals surface area contributed by atoms with Gasteiger partial charge in [0.15, 0.2) is 0 Å². The van der Waals surface area contributed by atoms with Crippen LogP contribution in [-0.2, 0) is 11.2 Å². The lowest BCUT2D eigenvalue weighted by molar-refractivity contribution is -0.134. The number of methoxy groups -OCH3 is 1. The predicted molar refractivity (Wildman–Crippen MR) is 136 cm³/mol. The zero-order valence-corrected chi connectivity index (χ0v) is 21.1. The van der Waals surface area contributed by atoms with Gasteiger partial charge in [-0.3, -0.25) is 4.79 Å². The van der Waals surface area contributed by atoms with Gasteiger partial charge in [-0.05, 0) is 63.5 Å². The van der Waals surface area contributed by atoms with Crippen LogP contribution in [0.5, 0.6) is 11.5 Å². The molecule has 35 heavy (non-hydrogen) atoms. The summed E-state index contributed by atoms with van der Waals surface area (Å²) in [6, 6.07) is 11.6. The summed E-state index contributed by atoms with van der Waals surface area (Å²) < 4.78 is 11.5. The summed E-state index contributed by atoms with van der Waals surface area (Å²) in [5, 5.41) is 15.3. The van der Waals surface area contributed by atoms with Gasteiger partial charge in [-0.25, -0.2) is 4.79 Å². The Labute approximate surface area is 207 Å². The molecule has 0 spiro atoms. The Morgan fingerprint density at radius 2 is 1.86 bits per heavy atom. The van der Waals surface area contributed by atoms with E-state index in [1.807, 2.05) is 21.0 Å². The molecule has 0 fully saturated rings. The number of hydrogen-bond acceptors (Lipinski definition) is 6. The SMILES string of the molecule is COc1ccc(NC(=O)Nc2ccc3c(c2)CC(=O)N([C@@H](C)CO)C[C@H](C)[C@H](CN(C)C)O3)cc1. The number of carbonyl (C=O) groups is 2. The van der Waals surface area contributed by atoms with Crippen LogP contribution in [0.3, 0.4) is 0 Å². The van der Waals surface area contributed by atoms with Crippen molar-refractivity contribution < 1.29 is 24.2 Å². The van der Waals surface area contributed by atoms with Crippen LogP contribution in [0.1, 0.15) is 19.4 Å². The summed E-state index contributed by atoms with van der Waals surface area (Å²) in [4.78, 5) is 29.6. The van der Waals surface area contributed by atoms with Crippen LogP contribution in [0.25, 0.3) is 0 Å². The maximum atomic E-state index is 13.2. The maximum absolute atomic E-state index is 13.2. The zero-order chi connectivity index (χ0) is 25.5. The van der Waals surface area contributed by atoms with E-state index in [1.165, 1.54) is 0 Å². The fourth-order valence-corrected chi connectivity index (χ4v) is 4.05. The molecule has 3 N–H and O–H groups in total. The van der Waals surface area contributed by atoms with Gasteiger partial charge in [-0.15, -0.1) is 0 Å². The first kappa shape index (κ1) is 26.3. The number of hydrogen-bond donors (Lipinski definition) is 3. The molecule has 0 unspecified atom stereocenters. The Morgan fingerprint density at radius 1 is 1.20 bits per heavy atom. The molecule has 9 nitrogen and oxygen atoms in total. The molecule has 9 heteroatoms. The second kappa shape index (κ2) is 11.9. The monoisotopic (exact) mass is 484 g/mol. The van der Waals surface area contributed by atoms with Gasteiger partial charge in [0.2, 0.25) is 5.91 Å². The van der Waals surface area contributed by atoms with E-state index in [0.29, 0.717) is 41.5 Å². The molecule has 1 aliphatic rings. The standard InChI is InChI=1S/C26H36N4O5/c1-17-14-30(18(2)16-31)25(32)13-19-12-21(8-11-23(19)35-24(17)15-29(3)4)28-26(33)27-20-6-9-22(34-5)10-7-20/h6-12,17-18,24,31H,13-16H2,1-5H3,(H2,27,28,33)/t17-,18-,24-/m0/s1. The van der Waals surface area contributed by atoms with E-state index in [9.17, 15) is 14.7 Å². The number of likely N-dealkylation sites (N-methyl/N-ethyl adjacent to an activating group) is 1. The fourth-order valence-electron chi connectivity index (χ4n) is 4.05. The molecule has 0 radical (unpaired) electrons. The molecule has 0 aromatic heterocycles. The van der Waals surface area contributed by atoms with Crippen LogP contribution in [0, 0.1) is 5.92 Å². The normalized spacial score (nSPS) is 19.1. The third-order valence-electron chi connectivity index (χ3n) is 6.07. The van der Waals surface area contributed by atoms with Crippen molar-refractivity contribution in [2.75, 3.05) is 51.5 Å². The summed E-state index contributed by atoms with van der Waals surface area (Å²) in [5.74, 6) is 1.28. The summed E-state index contributed by atoms with van der Waals surface area (Å²) in [6.07, 6.45) is -0.0447. The van der Waals surface area contributed by atoms with Gasteiger partial charge >= 0.3 is 6.03 Å². The third-order valence-corrected chi connectivity index (χ3v) is 6.07. The van der Waals surface area contributed by atoms with Crippen molar-refractivity contribution in [3.8, 4) is 11.5 Å². The summed E-state index contributed by atoms with van der Waals surface area (Å²) in [6.45, 7) is 4.95. The van der Waals surface area contributed by atoms with E-state index in [4.69, 9.17) is 9.47 Å². The number of rotatable bonds is 7. The van der Waals surface area contributed by atoms with Crippen molar-refractivity contribution in [2.45, 2.75) is 32.4 Å². The van der Waals surface area contributed by atoms with Gasteiger partial charge in [-0.2, -0.15) is 0 Å². The van der Waals surface area contributed by atoms with Gasteiger partial charge in [-0.1, -0.05) is 6.92 Å². The largest absolute Gasteiger partial charge is 0.497 e. The van der Waals surface area contributed by atoms with Crippen LogP contribution in [0.15, 0.2) is 42.5 Å². The molecule has 0 aliphatic carbocycles. The molecule has 1 aliphatic heterocycles. The van der Waals surface area contributed by atoms with Crippen molar-refractivity contribution in [1.82, 2.24) is 9.80 Å². The number of anilines is 2. The fraction of sp³-hybridized carbons (Fsp3) is 0.462. The highest BCUT2D eigenvalue weighted by Crippen LogP contribution is 2.29. The first-order valence-corrected chi connectivity index (χ1v) is 11.8. The summed E-state index contributed by atoms with van der Waals surface area (Å²) in [7, 11) is 5.55. The van der Waals surface area contributed by atoms with Crippen LogP contribution >= 0.6 is 0 Å². The van der Waals surface area contributed by atoms with Crippen molar-refractivity contribution in [3.05, 3.63) is 48.0 Å². The van der Waals surface area contributed by atoms with Crippen molar-refractivity contribution in [2.24, 2.45) is 5.92 Å². The molecule has 3 rings (SSSR count). The average molecular weight is 485 g/mol. The molecular formula is C26H36N4O5. The van der Waals surface area contributed by atoms with E-state index >= 15 is 0 Å². The summed E-state index contributed by atoms with van der Waals surface area (Å²) >= 11 is 0. The Morgan fingerprint density at radius 3 is 2.49 bits per heavy atom. The quantitative estimate of drug-likeness (QED) is 0.558. The molecule has 2 aromatic carbocycles. The predicted octanol–water partition coefficient (Wildman–Crippen LogP) is 3.05. The van der Waals surface area contributed by atoms with Gasteiger partial charge in [0.05, 0.1) is 26.2 Å². The van der Waals surface area contributed by atoms with Crippen molar-refractivity contribution >= 4 is 23.3 Å². The minimum Gasteiger partial charge on any atom is -0.497 e. The topological polar surface area (TPSA) is 103 Å². The molecule has 3 atom stereocenters. The number of fused-ring (bicyclic) bond motifs is 1. The number of nitrogens with one attached hydrogen (secondary N) is 2. The van der Waals surface area contributed by atoms with E-state index in [1.54, 1.807) is 54.5 Å². The number of nitrogens with zero attached hydrogens (tertiary/aromatic N) is 2. The number of ether oxygens (including phenoxy) is 2. The Kier molecular flexibility index (Phi) is 8.95. The highest BCUT2D eigenvalue weighted by Gasteiger charge is 2.30. The van der Waals surface area contributed by atoms with Crippen LogP contribution in [0.2, 0.25) is 0 Å². The number of amides is 3. The Hall–Kier alpha value is -3.30. The highest BCUT2D eigenvalue weighted by molar-refractivity contribution is 6.00. The molecule has 0 bridgehead atoms. The Bertz CT molecular complexity index is 1010. The number of urea groups is 1. The van der Waals surface area contributed by atoms with E-state index in [-0.39, 0.29) is 37.0 Å². The zero-order valence-electron chi connectivity index (χ0n) is 21.1. The lowest BCUT2D eigenvalue weighted by atomic mass is 10.0. The number of carbonyl (C=O) groups excluding carboxylic acids is 2. The molecule has 0 saturated carbocycles. The van der Waals surface area contributed by atoms with E-state index < -0.39 is 6.03 Å². The second-order valence-corrected chi connectivity index (χ2v) is 9.28. The maximum Gasteiger partial charge on any atom is 0.323 e. The number of aliphatic hydroxyl groups is 1. The first-order valence-electron chi connectivity index (χ1n) is 11.8. The minimum atomic E-state index is -0.403. The lowest BCUT2D eigenvalue weighted by Crippen LogP contribution is -2.47. The van der Waals surface area contributed by atoms with Crippen molar-refractivity contribution in [1.29, 1.82) is 0 Å². The van der Waals surface area contributed by atoms with Gasteiger partial charge in [0.25, 0.3) is 0 Å². The molecule has 3 amide bonds. The molecule has 0 saturated heterocycles. The van der Waals surface area contributed by atoms with Gasteiger partial charge in [0.1, 0.15) is 17.6 Å². The smallest absolute Gasteiger partial charge is 0.323 e. The van der Waals surface area contributed by atoms with Crippen LogP contribution in [0.4, 0.5) is 16.2 Å². The minimum absolute atomic E-state index is 0.0503. The first-order chi connectivity index (χ1) is 16.7. The van der Waals surface area contributed by atoms with Gasteiger partial charge < -0.3 is 35.0 Å². The molecule has 190 valence electrons. The Balaban J connectivity index is 1.83. The average Bonchev–Trinajstić information content (AvgIpc) is 2.86. The highest BCUT2D eigenvalue weighted by atomic mass is 16.5. The molecule has 2 aromatic rings. The lowest BCUT2D eigenvalue weighted by Gasteiger charge is -2.33. The van der Waals surface area contributed by atoms with Crippen molar-refractivity contribution in [3.63, 3.8) is 0 Å². The second-order valence-electron chi connectivity index (χ2n) is 9.28. The van der Waals surface area contributed by atoms with Crippen LogP contribution in [-0.4, -0.2) is 79.9 Å². The van der Waals surface area contributed by atoms with Gasteiger partial charge in [0, 0.05) is 35.9 Å². The third kappa shape index (κ3) is 7.10. The number of benzene rings is 2.